The third-order valence-electron chi connectivity index (χ3n) is 6.08. The molecule has 0 aromatic heterocycles. The van der Waals surface area contributed by atoms with E-state index in [1.54, 1.807) is 7.11 Å². The Morgan fingerprint density at radius 2 is 1.66 bits per heavy atom. The minimum Gasteiger partial charge on any atom is -0.493 e. The number of nitrogens with zero attached hydrogens (tertiary/aromatic N) is 2. The number of benzene rings is 2. The Bertz CT molecular complexity index is 1010. The molecule has 0 radical (unpaired) electrons. The molecule has 4 rings (SSSR count). The third-order valence-corrected chi connectivity index (χ3v) is 6.08. The molecule has 2 aromatic rings. The normalized spacial score (nSPS) is 17.9. The molecule has 2 N–H and O–H groups in total. The summed E-state index contributed by atoms with van der Waals surface area (Å²) >= 11 is 0. The maximum atomic E-state index is 12.4. The maximum absolute atomic E-state index is 12.4. The summed E-state index contributed by atoms with van der Waals surface area (Å²) in [5.41, 5.74) is 2.36. The second-order valence-electron chi connectivity index (χ2n) is 8.47. The Hall–Kier alpha value is -3.59. The Balaban J connectivity index is 0.000000509. The highest BCUT2D eigenvalue weighted by Crippen LogP contribution is 2.29. The Morgan fingerprint density at radius 3 is 2.34 bits per heavy atom. The number of likely N-dealkylation sites (tertiary alicyclic amines) is 1. The van der Waals surface area contributed by atoms with Crippen LogP contribution >= 0.6 is 0 Å². The highest BCUT2D eigenvalue weighted by atomic mass is 16.5. The van der Waals surface area contributed by atoms with Crippen molar-refractivity contribution in [3.63, 3.8) is 0 Å². The molecule has 0 aliphatic carbocycles. The van der Waals surface area contributed by atoms with Crippen LogP contribution in [0.3, 0.4) is 0 Å². The van der Waals surface area contributed by atoms with Gasteiger partial charge in [-0.05, 0) is 49.4 Å². The van der Waals surface area contributed by atoms with Gasteiger partial charge in [-0.25, -0.2) is 9.59 Å². The van der Waals surface area contributed by atoms with Gasteiger partial charge in [-0.2, -0.15) is 0 Å². The smallest absolute Gasteiger partial charge is 0.414 e. The van der Waals surface area contributed by atoms with Gasteiger partial charge in [0.25, 0.3) is 0 Å². The molecule has 2 saturated heterocycles. The minimum atomic E-state index is -1.82. The summed E-state index contributed by atoms with van der Waals surface area (Å²) in [6.07, 6.45) is 4.92. The molecular formula is C26H32N2O7. The van der Waals surface area contributed by atoms with E-state index in [0.29, 0.717) is 6.42 Å². The molecule has 2 aromatic carbocycles. The summed E-state index contributed by atoms with van der Waals surface area (Å²) in [6.45, 7) is 3.77. The number of para-hydroxylation sites is 3. The number of hydrogen-bond donors (Lipinski definition) is 2. The van der Waals surface area contributed by atoms with Gasteiger partial charge in [-0.3, -0.25) is 9.69 Å². The van der Waals surface area contributed by atoms with Crippen LogP contribution in [0.1, 0.15) is 31.2 Å². The number of amides is 1. The summed E-state index contributed by atoms with van der Waals surface area (Å²) in [7, 11) is 1.67. The Morgan fingerprint density at radius 1 is 0.971 bits per heavy atom. The zero-order valence-electron chi connectivity index (χ0n) is 19.9. The lowest BCUT2D eigenvalue weighted by Gasteiger charge is -2.29. The van der Waals surface area contributed by atoms with Crippen molar-refractivity contribution in [2.24, 2.45) is 0 Å². The van der Waals surface area contributed by atoms with Gasteiger partial charge in [0.1, 0.15) is 6.10 Å². The zero-order valence-corrected chi connectivity index (χ0v) is 19.9. The molecule has 188 valence electrons. The van der Waals surface area contributed by atoms with Crippen LogP contribution in [0, 0.1) is 0 Å². The van der Waals surface area contributed by atoms with Crippen LogP contribution < -0.4 is 14.4 Å². The van der Waals surface area contributed by atoms with Crippen LogP contribution in [0.5, 0.6) is 11.5 Å². The van der Waals surface area contributed by atoms with Gasteiger partial charge in [-0.15, -0.1) is 0 Å². The van der Waals surface area contributed by atoms with Crippen molar-refractivity contribution >= 4 is 23.5 Å². The molecule has 9 nitrogen and oxygen atoms in total. The fourth-order valence-electron chi connectivity index (χ4n) is 4.32. The van der Waals surface area contributed by atoms with Gasteiger partial charge in [-0.1, -0.05) is 30.3 Å². The van der Waals surface area contributed by atoms with Crippen LogP contribution in [0.25, 0.3) is 0 Å². The second-order valence-corrected chi connectivity index (χ2v) is 8.47. The molecule has 2 fully saturated rings. The van der Waals surface area contributed by atoms with Crippen molar-refractivity contribution in [3.8, 4) is 11.5 Å². The number of carbonyl (C=O) groups is 3. The Labute approximate surface area is 204 Å². The molecule has 1 atom stereocenters. The number of carboxylic acids is 2. The standard InChI is InChI=1S/C24H30N2O3.C2H2O4/c1-28-22-10-4-5-11-23(22)29-20-14-17-25(18-20)16-13-19-8-2-3-9-21(19)26-15-7-6-12-24(26)27;3-1(4)2(5)6/h2-5,8-11,20H,6-7,12-18H2,1H3;(H,3,4)(H,5,6). The summed E-state index contributed by atoms with van der Waals surface area (Å²) in [5.74, 6) is -1.79. The highest BCUT2D eigenvalue weighted by Gasteiger charge is 2.26. The Kier molecular flexibility index (Phi) is 9.48. The fraction of sp³-hybridized carbons (Fsp3) is 0.423. The van der Waals surface area contributed by atoms with E-state index in [9.17, 15) is 4.79 Å². The molecule has 9 heteroatoms. The molecule has 2 heterocycles. The van der Waals surface area contributed by atoms with Gasteiger partial charge < -0.3 is 24.6 Å². The monoisotopic (exact) mass is 484 g/mol. The van der Waals surface area contributed by atoms with Crippen LogP contribution in [0.2, 0.25) is 0 Å². The van der Waals surface area contributed by atoms with E-state index in [1.807, 2.05) is 35.2 Å². The fourth-order valence-corrected chi connectivity index (χ4v) is 4.32. The maximum Gasteiger partial charge on any atom is 0.414 e. The van der Waals surface area contributed by atoms with E-state index in [4.69, 9.17) is 29.3 Å². The lowest BCUT2D eigenvalue weighted by molar-refractivity contribution is -0.159. The molecule has 2 aliphatic rings. The van der Waals surface area contributed by atoms with Gasteiger partial charge in [0.2, 0.25) is 5.91 Å². The quantitative estimate of drug-likeness (QED) is 0.576. The van der Waals surface area contributed by atoms with E-state index in [0.717, 1.165) is 69.0 Å². The van der Waals surface area contributed by atoms with Gasteiger partial charge in [0.05, 0.1) is 7.11 Å². The number of piperidine rings is 1. The average Bonchev–Trinajstić information content (AvgIpc) is 3.31. The summed E-state index contributed by atoms with van der Waals surface area (Å²) in [5, 5.41) is 14.8. The summed E-state index contributed by atoms with van der Waals surface area (Å²) in [6, 6.07) is 16.2. The molecule has 0 bridgehead atoms. The van der Waals surface area contributed by atoms with Crippen molar-refractivity contribution in [2.45, 2.75) is 38.2 Å². The number of carbonyl (C=O) groups excluding carboxylic acids is 1. The first-order chi connectivity index (χ1) is 16.9. The van der Waals surface area contributed by atoms with E-state index in [2.05, 4.69) is 23.1 Å². The van der Waals surface area contributed by atoms with Crippen molar-refractivity contribution in [1.82, 2.24) is 4.90 Å². The predicted molar refractivity (Wildman–Crippen MR) is 130 cm³/mol. The lowest BCUT2D eigenvalue weighted by Crippen LogP contribution is -2.36. The number of anilines is 1. The number of carboxylic acid groups (broad SMARTS) is 2. The van der Waals surface area contributed by atoms with Gasteiger partial charge >= 0.3 is 11.9 Å². The summed E-state index contributed by atoms with van der Waals surface area (Å²) in [4.78, 5) is 35.0. The lowest BCUT2D eigenvalue weighted by atomic mass is 10.0. The average molecular weight is 485 g/mol. The topological polar surface area (TPSA) is 117 Å². The first-order valence-corrected chi connectivity index (χ1v) is 11.8. The largest absolute Gasteiger partial charge is 0.493 e. The van der Waals surface area contributed by atoms with Gasteiger partial charge in [0.15, 0.2) is 11.5 Å². The second kappa shape index (κ2) is 12.8. The molecule has 2 aliphatic heterocycles. The van der Waals surface area contributed by atoms with Crippen molar-refractivity contribution in [1.29, 1.82) is 0 Å². The van der Waals surface area contributed by atoms with Crippen LogP contribution in [0.4, 0.5) is 5.69 Å². The first-order valence-electron chi connectivity index (χ1n) is 11.8. The zero-order chi connectivity index (χ0) is 25.2. The SMILES string of the molecule is COc1ccccc1OC1CCN(CCc2ccccc2N2CCCCC2=O)C1.O=C(O)C(=O)O. The van der Waals surface area contributed by atoms with E-state index in [1.165, 1.54) is 5.56 Å². The molecular weight excluding hydrogens is 452 g/mol. The number of rotatable bonds is 7. The van der Waals surface area contributed by atoms with Crippen molar-refractivity contribution in [3.05, 3.63) is 54.1 Å². The van der Waals surface area contributed by atoms with Crippen LogP contribution in [0.15, 0.2) is 48.5 Å². The predicted octanol–water partition coefficient (Wildman–Crippen LogP) is 3.06. The highest BCUT2D eigenvalue weighted by molar-refractivity contribution is 6.27. The van der Waals surface area contributed by atoms with Crippen LogP contribution in [-0.2, 0) is 20.8 Å². The molecule has 1 amide bonds. The van der Waals surface area contributed by atoms with E-state index in [-0.39, 0.29) is 12.0 Å². The summed E-state index contributed by atoms with van der Waals surface area (Å²) < 4.78 is 11.6. The van der Waals surface area contributed by atoms with E-state index < -0.39 is 11.9 Å². The molecule has 35 heavy (non-hydrogen) atoms. The van der Waals surface area contributed by atoms with Gasteiger partial charge in [0, 0.05) is 38.3 Å². The number of hydrogen-bond acceptors (Lipinski definition) is 6. The minimum absolute atomic E-state index is 0.185. The number of ether oxygens (including phenoxy) is 2. The van der Waals surface area contributed by atoms with Crippen molar-refractivity contribution < 1.29 is 34.1 Å². The van der Waals surface area contributed by atoms with E-state index >= 15 is 0 Å². The third kappa shape index (κ3) is 7.45. The number of methoxy groups -OCH3 is 1. The molecule has 0 spiro atoms. The molecule has 1 unspecified atom stereocenters. The van der Waals surface area contributed by atoms with Crippen LogP contribution in [-0.4, -0.2) is 72.4 Å². The van der Waals surface area contributed by atoms with Crippen molar-refractivity contribution in [2.75, 3.05) is 38.2 Å². The molecule has 0 saturated carbocycles. The first kappa shape index (κ1) is 26.0. The number of aliphatic carboxylic acids is 2.